The number of nitrogens with zero attached hydrogens (tertiary/aromatic N) is 2. The molecule has 6 rings (SSSR count). The Morgan fingerprint density at radius 3 is 2.63 bits per heavy atom. The van der Waals surface area contributed by atoms with E-state index < -0.39 is 0 Å². The van der Waals surface area contributed by atoms with Crippen LogP contribution >= 0.6 is 0 Å². The highest BCUT2D eigenvalue weighted by Crippen LogP contribution is 2.32. The molecule has 1 unspecified atom stereocenters. The number of piperidine rings is 3. The van der Waals surface area contributed by atoms with Crippen LogP contribution in [-0.2, 0) is 0 Å². The number of fused-ring (bicyclic) bond motifs is 3. The molecule has 3 aromatic rings. The largest absolute Gasteiger partial charge is 0.451 e. The summed E-state index contributed by atoms with van der Waals surface area (Å²) in [6.07, 6.45) is 5.48. The monoisotopic (exact) mass is 363 g/mol. The van der Waals surface area contributed by atoms with Gasteiger partial charge in [0.15, 0.2) is 5.76 Å². The third-order valence-electron chi connectivity index (χ3n) is 5.66. The van der Waals surface area contributed by atoms with Crippen molar-refractivity contribution >= 4 is 5.91 Å². The summed E-state index contributed by atoms with van der Waals surface area (Å²) < 4.78 is 11.3. The Morgan fingerprint density at radius 2 is 1.93 bits per heavy atom. The zero-order valence-corrected chi connectivity index (χ0v) is 14.9. The van der Waals surface area contributed by atoms with Crippen LogP contribution in [0, 0.1) is 5.92 Å². The fraction of sp³-hybridized carbons (Fsp3) is 0.333. The van der Waals surface area contributed by atoms with Gasteiger partial charge in [-0.25, -0.2) is 4.98 Å². The second-order valence-corrected chi connectivity index (χ2v) is 7.26. The molecule has 138 valence electrons. The van der Waals surface area contributed by atoms with E-state index in [0.29, 0.717) is 23.3 Å². The lowest BCUT2D eigenvalue weighted by atomic mass is 9.84. The Kier molecular flexibility index (Phi) is 4.05. The first-order valence-corrected chi connectivity index (χ1v) is 9.40. The number of furan rings is 1. The minimum atomic E-state index is -0.145. The van der Waals surface area contributed by atoms with Gasteiger partial charge in [0.05, 0.1) is 6.20 Å². The zero-order valence-electron chi connectivity index (χ0n) is 14.9. The van der Waals surface area contributed by atoms with Crippen molar-refractivity contribution in [1.82, 2.24) is 15.2 Å². The predicted molar refractivity (Wildman–Crippen MR) is 100 cm³/mol. The lowest BCUT2D eigenvalue weighted by molar-refractivity contribution is 0.0606. The van der Waals surface area contributed by atoms with E-state index in [2.05, 4.69) is 15.2 Å². The predicted octanol–water partition coefficient (Wildman–Crippen LogP) is 3.43. The Labute approximate surface area is 157 Å². The minimum Gasteiger partial charge on any atom is -0.451 e. The van der Waals surface area contributed by atoms with Gasteiger partial charge in [-0.05, 0) is 50.0 Å². The van der Waals surface area contributed by atoms with E-state index in [1.807, 2.05) is 30.3 Å². The fourth-order valence-corrected chi connectivity index (χ4v) is 4.21. The molecule has 1 N–H and O–H groups in total. The van der Waals surface area contributed by atoms with Gasteiger partial charge in [-0.1, -0.05) is 18.2 Å². The first kappa shape index (κ1) is 16.3. The molecular formula is C21H21N3O3. The van der Waals surface area contributed by atoms with Gasteiger partial charge in [0.2, 0.25) is 5.89 Å². The maximum absolute atomic E-state index is 12.7. The van der Waals surface area contributed by atoms with Gasteiger partial charge in [-0.15, -0.1) is 0 Å². The lowest BCUT2D eigenvalue weighted by Gasteiger charge is -2.44. The molecule has 6 heteroatoms. The van der Waals surface area contributed by atoms with Crippen molar-refractivity contribution in [3.63, 3.8) is 0 Å². The molecule has 0 radical (unpaired) electrons. The Balaban J connectivity index is 1.37. The molecule has 0 spiro atoms. The Bertz CT molecular complexity index is 939. The van der Waals surface area contributed by atoms with E-state index >= 15 is 0 Å². The van der Waals surface area contributed by atoms with Gasteiger partial charge >= 0.3 is 0 Å². The third-order valence-corrected chi connectivity index (χ3v) is 5.66. The van der Waals surface area contributed by atoms with Crippen molar-refractivity contribution in [2.75, 3.05) is 19.6 Å². The number of hydrogen-bond donors (Lipinski definition) is 1. The van der Waals surface area contributed by atoms with Crippen LogP contribution in [0.5, 0.6) is 0 Å². The molecule has 3 aliphatic heterocycles. The van der Waals surface area contributed by atoms with Crippen LogP contribution in [0.1, 0.15) is 23.4 Å². The molecule has 1 atom stereocenters. The van der Waals surface area contributed by atoms with Crippen LogP contribution in [-0.4, -0.2) is 41.5 Å². The highest BCUT2D eigenvalue weighted by atomic mass is 16.4. The number of carbonyl (C=O) groups is 1. The number of rotatable bonds is 4. The van der Waals surface area contributed by atoms with Gasteiger partial charge < -0.3 is 19.1 Å². The third kappa shape index (κ3) is 3.06. The minimum absolute atomic E-state index is 0.145. The quantitative estimate of drug-likeness (QED) is 0.769. The van der Waals surface area contributed by atoms with Gasteiger partial charge in [0, 0.05) is 23.7 Å². The molecule has 2 bridgehead atoms. The molecule has 1 aromatic carbocycles. The van der Waals surface area contributed by atoms with E-state index in [4.69, 9.17) is 8.83 Å². The van der Waals surface area contributed by atoms with Crippen molar-refractivity contribution < 1.29 is 13.6 Å². The summed E-state index contributed by atoms with van der Waals surface area (Å²) in [5.74, 6) is 1.93. The first-order chi connectivity index (χ1) is 13.3. The van der Waals surface area contributed by atoms with E-state index in [0.717, 1.165) is 43.6 Å². The number of nitrogens with one attached hydrogen (secondary N) is 1. The van der Waals surface area contributed by atoms with Gasteiger partial charge in [-0.2, -0.15) is 0 Å². The molecule has 1 amide bonds. The molecule has 2 aromatic heterocycles. The van der Waals surface area contributed by atoms with Crippen molar-refractivity contribution in [3.8, 4) is 22.8 Å². The van der Waals surface area contributed by atoms with Crippen LogP contribution < -0.4 is 5.32 Å². The topological polar surface area (TPSA) is 71.5 Å². The van der Waals surface area contributed by atoms with Gasteiger partial charge in [-0.3, -0.25) is 4.79 Å². The highest BCUT2D eigenvalue weighted by Gasteiger charge is 2.35. The number of oxazole rings is 1. The molecule has 5 heterocycles. The smallest absolute Gasteiger partial charge is 0.287 e. The van der Waals surface area contributed by atoms with Crippen LogP contribution in [0.3, 0.4) is 0 Å². The molecule has 3 saturated heterocycles. The van der Waals surface area contributed by atoms with Crippen molar-refractivity contribution in [2.45, 2.75) is 18.9 Å². The second-order valence-electron chi connectivity index (χ2n) is 7.26. The molecular weight excluding hydrogens is 342 g/mol. The average molecular weight is 363 g/mol. The zero-order chi connectivity index (χ0) is 18.2. The number of carbonyl (C=O) groups excluding carboxylic acids is 1. The molecule has 3 fully saturated rings. The highest BCUT2D eigenvalue weighted by molar-refractivity contribution is 5.92. The van der Waals surface area contributed by atoms with E-state index in [-0.39, 0.29) is 11.9 Å². The first-order valence-electron chi connectivity index (χ1n) is 9.40. The SMILES string of the molecule is O=C(NC1CN2CCC1CC2)c1ccc(-c2ccccc2-c2ncco2)o1. The maximum Gasteiger partial charge on any atom is 0.287 e. The summed E-state index contributed by atoms with van der Waals surface area (Å²) in [6.45, 7) is 3.25. The average Bonchev–Trinajstić information content (AvgIpc) is 3.41. The van der Waals surface area contributed by atoms with Crippen LogP contribution in [0.2, 0.25) is 0 Å². The Morgan fingerprint density at radius 1 is 1.11 bits per heavy atom. The van der Waals surface area contributed by atoms with Crippen molar-refractivity contribution in [2.24, 2.45) is 5.92 Å². The summed E-state index contributed by atoms with van der Waals surface area (Å²) in [7, 11) is 0. The van der Waals surface area contributed by atoms with Gasteiger partial charge in [0.25, 0.3) is 5.91 Å². The summed E-state index contributed by atoms with van der Waals surface area (Å²) in [4.78, 5) is 19.3. The second kappa shape index (κ2) is 6.70. The summed E-state index contributed by atoms with van der Waals surface area (Å²) in [5.41, 5.74) is 1.68. The molecule has 6 nitrogen and oxygen atoms in total. The standard InChI is InChI=1S/C21H21N3O3/c25-20(23-17-13-24-10-7-14(17)8-11-24)19-6-5-18(27-19)15-3-1-2-4-16(15)21-22-9-12-26-21/h1-6,9,12,14,17H,7-8,10-11,13H2,(H,23,25). The summed E-state index contributed by atoms with van der Waals surface area (Å²) in [5, 5.41) is 3.17. The molecule has 27 heavy (non-hydrogen) atoms. The lowest BCUT2D eigenvalue weighted by Crippen LogP contribution is -2.57. The van der Waals surface area contributed by atoms with E-state index in [9.17, 15) is 4.79 Å². The number of benzene rings is 1. The Hall–Kier alpha value is -2.86. The van der Waals surface area contributed by atoms with Crippen LogP contribution in [0.15, 0.2) is 57.7 Å². The van der Waals surface area contributed by atoms with Crippen LogP contribution in [0.4, 0.5) is 0 Å². The number of aromatic nitrogens is 1. The van der Waals surface area contributed by atoms with Crippen LogP contribution in [0.25, 0.3) is 22.8 Å². The molecule has 3 aliphatic rings. The van der Waals surface area contributed by atoms with Crippen molar-refractivity contribution in [3.05, 3.63) is 54.6 Å². The molecule has 0 aliphatic carbocycles. The fourth-order valence-electron chi connectivity index (χ4n) is 4.21. The summed E-state index contributed by atoms with van der Waals surface area (Å²) in [6, 6.07) is 11.5. The maximum atomic E-state index is 12.7. The van der Waals surface area contributed by atoms with E-state index in [1.54, 1.807) is 18.5 Å². The number of amides is 1. The number of hydrogen-bond acceptors (Lipinski definition) is 5. The summed E-state index contributed by atoms with van der Waals surface area (Å²) >= 11 is 0. The van der Waals surface area contributed by atoms with E-state index in [1.165, 1.54) is 0 Å². The normalized spacial score (nSPS) is 24.1. The molecule has 0 saturated carbocycles. The van der Waals surface area contributed by atoms with Crippen molar-refractivity contribution in [1.29, 1.82) is 0 Å². The van der Waals surface area contributed by atoms with Gasteiger partial charge in [0.1, 0.15) is 12.0 Å².